The molecule has 2 heterocycles. The number of piperidine rings is 1. The monoisotopic (exact) mass is 678 g/mol. The number of likely N-dealkylation sites (tertiary alicyclic amines) is 2. The summed E-state index contributed by atoms with van der Waals surface area (Å²) in [7, 11) is 2.51. The van der Waals surface area contributed by atoms with Crippen molar-refractivity contribution in [1.82, 2.24) is 4.90 Å². The van der Waals surface area contributed by atoms with Gasteiger partial charge in [-0.25, -0.2) is 0 Å². The van der Waals surface area contributed by atoms with E-state index in [1.807, 2.05) is 0 Å². The summed E-state index contributed by atoms with van der Waals surface area (Å²) in [5.74, 6) is 2.62. The van der Waals surface area contributed by atoms with Gasteiger partial charge in [-0.3, -0.25) is 14.5 Å². The fraction of sp³-hybridized carbons (Fsp3) is 0.946. The van der Waals surface area contributed by atoms with Crippen molar-refractivity contribution in [2.24, 2.45) is 34.5 Å². The lowest BCUT2D eigenvalue weighted by molar-refractivity contribution is -0.935. The smallest absolute Gasteiger partial charge is 0.306 e. The maximum atomic E-state index is 13.2. The predicted octanol–water partition coefficient (Wildman–Crippen LogP) is 4.14. The summed E-state index contributed by atoms with van der Waals surface area (Å²) in [5, 5.41) is 0. The molecular formula is C37H63BrN2O4. The lowest BCUT2D eigenvalue weighted by Crippen LogP contribution is -3.00. The molecule has 6 nitrogen and oxygen atoms in total. The van der Waals surface area contributed by atoms with Crippen LogP contribution in [0.5, 0.6) is 0 Å². The normalized spacial score (nSPS) is 43.8. The summed E-state index contributed by atoms with van der Waals surface area (Å²) in [5.41, 5.74) is 0.365. The summed E-state index contributed by atoms with van der Waals surface area (Å²) in [6.07, 6.45) is 19.1. The van der Waals surface area contributed by atoms with E-state index < -0.39 is 0 Å². The van der Waals surface area contributed by atoms with Crippen LogP contribution in [-0.2, 0) is 19.1 Å². The zero-order chi connectivity index (χ0) is 30.4. The fourth-order valence-electron chi connectivity index (χ4n) is 12.1. The Morgan fingerprint density at radius 3 is 2.20 bits per heavy atom. The number of esters is 2. The first-order chi connectivity index (χ1) is 20.6. The van der Waals surface area contributed by atoms with Gasteiger partial charge in [0.05, 0.1) is 20.1 Å². The minimum absolute atomic E-state index is 0. The molecule has 44 heavy (non-hydrogen) atoms. The number of carbonyl (C=O) groups excluding carboxylic acids is 2. The van der Waals surface area contributed by atoms with E-state index in [-0.39, 0.29) is 52.0 Å². The molecule has 10 atom stereocenters. The van der Waals surface area contributed by atoms with E-state index in [0.717, 1.165) is 36.3 Å². The molecule has 0 aromatic heterocycles. The number of nitrogens with zero attached hydrogens (tertiary/aromatic N) is 2. The van der Waals surface area contributed by atoms with Gasteiger partial charge in [0.2, 0.25) is 0 Å². The molecule has 252 valence electrons. The van der Waals surface area contributed by atoms with Crippen LogP contribution in [0.25, 0.3) is 0 Å². The molecule has 4 saturated carbocycles. The van der Waals surface area contributed by atoms with Gasteiger partial charge >= 0.3 is 11.9 Å². The van der Waals surface area contributed by atoms with Gasteiger partial charge in [0.1, 0.15) is 12.1 Å². The minimum Gasteiger partial charge on any atom is -1.00 e. The standard InChI is InChI=1S/C37H63N2O4.BrH/c1-6-14-34(41)43-35-32(39(5)21-12-7-8-13-22-39)24-30-28-16-15-27-23-33(42-26(2)40)31(38-19-10-9-11-20-38)25-37(27,4)29(28)17-18-36(30,35)3;/h27-33,35H,6-25H2,1-5H3;1H/q+1;/p-1/t27-,28?,29?,30?,31-,32-,33-,35-,36-,37-;/m0./s1. The highest BCUT2D eigenvalue weighted by molar-refractivity contribution is 5.69. The Labute approximate surface area is 279 Å². The van der Waals surface area contributed by atoms with Crippen molar-refractivity contribution >= 4 is 11.9 Å². The average molecular weight is 680 g/mol. The molecule has 6 rings (SSSR count). The number of carbonyl (C=O) groups is 2. The van der Waals surface area contributed by atoms with E-state index in [2.05, 4.69) is 32.7 Å². The Hall–Kier alpha value is -0.660. The quantitative estimate of drug-likeness (QED) is 0.312. The van der Waals surface area contributed by atoms with Crippen molar-refractivity contribution in [3.8, 4) is 0 Å². The molecule has 4 aliphatic carbocycles. The van der Waals surface area contributed by atoms with E-state index in [1.165, 1.54) is 96.6 Å². The zero-order valence-corrected chi connectivity index (χ0v) is 30.3. The Balaban J connectivity index is 0.00000384. The third-order valence-electron chi connectivity index (χ3n) is 14.4. The summed E-state index contributed by atoms with van der Waals surface area (Å²) in [6, 6.07) is 0.789. The molecule has 0 aromatic rings. The van der Waals surface area contributed by atoms with Gasteiger partial charge in [0.25, 0.3) is 0 Å². The molecule has 0 N–H and O–H groups in total. The second kappa shape index (κ2) is 13.8. The number of rotatable bonds is 6. The SMILES string of the molecule is CCCC(=O)O[C@H]1[C@@H]([N+]2(C)CCCCCC2)CC2C3CC[C@H]4C[C@H](OC(C)=O)[C@@H](N5CCCCC5)C[C@]4(C)C3CC[C@@]21C.[Br-]. The molecule has 6 fully saturated rings. The molecule has 2 saturated heterocycles. The van der Waals surface area contributed by atoms with Crippen molar-refractivity contribution in [3.05, 3.63) is 0 Å². The first-order valence-electron chi connectivity index (χ1n) is 18.5. The molecule has 0 radical (unpaired) electrons. The van der Waals surface area contributed by atoms with Gasteiger partial charge in [-0.2, -0.15) is 0 Å². The van der Waals surface area contributed by atoms with Crippen LogP contribution in [0.4, 0.5) is 0 Å². The largest absolute Gasteiger partial charge is 1.00 e. The van der Waals surface area contributed by atoms with Crippen molar-refractivity contribution in [3.63, 3.8) is 0 Å². The van der Waals surface area contributed by atoms with Gasteiger partial charge in [0, 0.05) is 31.2 Å². The molecule has 6 aliphatic rings. The van der Waals surface area contributed by atoms with Crippen LogP contribution in [0.2, 0.25) is 0 Å². The van der Waals surface area contributed by atoms with Crippen LogP contribution < -0.4 is 17.0 Å². The number of hydrogen-bond acceptors (Lipinski definition) is 5. The number of halogens is 1. The van der Waals surface area contributed by atoms with Crippen molar-refractivity contribution in [2.75, 3.05) is 33.2 Å². The Bertz CT molecular complexity index is 1010. The molecular weight excluding hydrogens is 616 g/mol. The Morgan fingerprint density at radius 1 is 0.864 bits per heavy atom. The molecule has 0 aromatic carbocycles. The van der Waals surface area contributed by atoms with Crippen molar-refractivity contribution < 1.29 is 40.5 Å². The third-order valence-corrected chi connectivity index (χ3v) is 14.4. The molecule has 0 bridgehead atoms. The first-order valence-corrected chi connectivity index (χ1v) is 18.5. The number of likely N-dealkylation sites (N-methyl/N-ethyl adjacent to an activating group) is 1. The first kappa shape index (κ1) is 34.7. The number of ether oxygens (including phenoxy) is 2. The van der Waals surface area contributed by atoms with Crippen LogP contribution in [0.1, 0.15) is 130 Å². The lowest BCUT2D eigenvalue weighted by Gasteiger charge is -2.62. The maximum absolute atomic E-state index is 13.2. The zero-order valence-electron chi connectivity index (χ0n) is 28.7. The van der Waals surface area contributed by atoms with E-state index >= 15 is 0 Å². The van der Waals surface area contributed by atoms with Crippen LogP contribution in [0, 0.1) is 34.5 Å². The number of fused-ring (bicyclic) bond motifs is 5. The highest BCUT2D eigenvalue weighted by Gasteiger charge is 2.67. The topological polar surface area (TPSA) is 55.8 Å². The molecule has 3 unspecified atom stereocenters. The second-order valence-electron chi connectivity index (χ2n) is 16.8. The predicted molar refractivity (Wildman–Crippen MR) is 170 cm³/mol. The summed E-state index contributed by atoms with van der Waals surface area (Å²) in [6.45, 7) is 13.7. The highest BCUT2D eigenvalue weighted by atomic mass is 79.9. The molecule has 7 heteroatoms. The van der Waals surface area contributed by atoms with Gasteiger partial charge < -0.3 is 30.9 Å². The Morgan fingerprint density at radius 2 is 1.55 bits per heavy atom. The van der Waals surface area contributed by atoms with Gasteiger partial charge in [-0.1, -0.05) is 27.2 Å². The van der Waals surface area contributed by atoms with Crippen LogP contribution in [0.3, 0.4) is 0 Å². The van der Waals surface area contributed by atoms with Crippen LogP contribution >= 0.6 is 0 Å². The number of hydrogen-bond donors (Lipinski definition) is 0. The van der Waals surface area contributed by atoms with Crippen molar-refractivity contribution in [2.45, 2.75) is 155 Å². The van der Waals surface area contributed by atoms with E-state index in [0.29, 0.717) is 36.3 Å². The number of quaternary nitrogens is 1. The van der Waals surface area contributed by atoms with E-state index in [1.54, 1.807) is 6.92 Å². The van der Waals surface area contributed by atoms with E-state index in [9.17, 15) is 9.59 Å². The second-order valence-corrected chi connectivity index (χ2v) is 16.8. The van der Waals surface area contributed by atoms with Gasteiger partial charge in [0.15, 0.2) is 6.10 Å². The average Bonchev–Trinajstić information content (AvgIpc) is 3.10. The molecule has 2 aliphatic heterocycles. The molecule has 0 amide bonds. The summed E-state index contributed by atoms with van der Waals surface area (Å²) >= 11 is 0. The van der Waals surface area contributed by atoms with Crippen LogP contribution in [0.15, 0.2) is 0 Å². The lowest BCUT2D eigenvalue weighted by atomic mass is 9.44. The van der Waals surface area contributed by atoms with Crippen LogP contribution in [-0.4, -0.2) is 78.8 Å². The fourth-order valence-corrected chi connectivity index (χ4v) is 12.1. The summed E-state index contributed by atoms with van der Waals surface area (Å²) in [4.78, 5) is 28.1. The van der Waals surface area contributed by atoms with Gasteiger partial charge in [-0.05, 0) is 126 Å². The highest BCUT2D eigenvalue weighted by Crippen LogP contribution is 2.67. The molecule has 0 spiro atoms. The Kier molecular flexibility index (Phi) is 10.9. The van der Waals surface area contributed by atoms with Crippen molar-refractivity contribution in [1.29, 1.82) is 0 Å². The summed E-state index contributed by atoms with van der Waals surface area (Å²) < 4.78 is 13.9. The third kappa shape index (κ3) is 6.30. The minimum atomic E-state index is -0.108. The van der Waals surface area contributed by atoms with Gasteiger partial charge in [-0.15, -0.1) is 0 Å². The maximum Gasteiger partial charge on any atom is 0.306 e. The van der Waals surface area contributed by atoms with E-state index in [4.69, 9.17) is 9.47 Å².